The highest BCUT2D eigenvalue weighted by Crippen LogP contribution is 2.42. The number of fused-ring (bicyclic) bond motifs is 1. The maximum atomic E-state index is 13.6. The summed E-state index contributed by atoms with van der Waals surface area (Å²) in [5, 5.41) is 14.6. The molecule has 1 saturated heterocycles. The van der Waals surface area contributed by atoms with Crippen LogP contribution in [-0.4, -0.2) is 64.6 Å². The molecule has 3 atom stereocenters. The van der Waals surface area contributed by atoms with Crippen LogP contribution in [0.3, 0.4) is 0 Å². The third kappa shape index (κ3) is 5.11. The smallest absolute Gasteiger partial charge is 0.231 e. The number of aliphatic hydroxyl groups excluding tert-OH is 1. The van der Waals surface area contributed by atoms with Crippen molar-refractivity contribution in [3.8, 4) is 0 Å². The van der Waals surface area contributed by atoms with Crippen LogP contribution in [0.15, 0.2) is 24.5 Å². The summed E-state index contributed by atoms with van der Waals surface area (Å²) in [6.45, 7) is 9.34. The molecule has 1 aromatic carbocycles. The average Bonchev–Trinajstić information content (AvgIpc) is 3.09. The summed E-state index contributed by atoms with van der Waals surface area (Å²) in [7, 11) is 0. The van der Waals surface area contributed by atoms with Crippen LogP contribution < -0.4 is 10.2 Å². The van der Waals surface area contributed by atoms with Crippen LogP contribution in [0, 0.1) is 0 Å². The van der Waals surface area contributed by atoms with Gasteiger partial charge in [-0.2, -0.15) is 0 Å². The number of aromatic nitrogens is 2. The third-order valence-electron chi connectivity index (χ3n) is 6.54. The summed E-state index contributed by atoms with van der Waals surface area (Å²) in [6.07, 6.45) is 1.68. The summed E-state index contributed by atoms with van der Waals surface area (Å²) in [5.41, 5.74) is 2.64. The lowest BCUT2D eigenvalue weighted by molar-refractivity contribution is -0.133. The second-order valence-corrected chi connectivity index (χ2v) is 10.1. The van der Waals surface area contributed by atoms with Crippen LogP contribution >= 0.6 is 23.2 Å². The summed E-state index contributed by atoms with van der Waals surface area (Å²) in [6, 6.07) is 5.68. The van der Waals surface area contributed by atoms with E-state index in [4.69, 9.17) is 23.2 Å². The molecule has 1 amide bonds. The largest absolute Gasteiger partial charge is 0.387 e. The number of nitrogens with one attached hydrogen (secondary N) is 1. The SMILES string of the molecule is CC(C)NC[C@@H](C(=O)N1CCN(c2ncnc3c2[C@H](C)C[C@@H]3O)CC1)c1ccc(Cl)c(Cl)c1. The van der Waals surface area contributed by atoms with Gasteiger partial charge in [-0.1, -0.05) is 50.0 Å². The van der Waals surface area contributed by atoms with Gasteiger partial charge in [-0.3, -0.25) is 4.79 Å². The first-order valence-electron chi connectivity index (χ1n) is 11.5. The van der Waals surface area contributed by atoms with Crippen LogP contribution in [0.5, 0.6) is 0 Å². The number of carbonyl (C=O) groups is 1. The molecule has 7 nitrogen and oxygen atoms in total. The number of benzene rings is 1. The highest BCUT2D eigenvalue weighted by molar-refractivity contribution is 6.42. The van der Waals surface area contributed by atoms with Crippen molar-refractivity contribution >= 4 is 34.9 Å². The molecule has 2 aromatic rings. The predicted octanol–water partition coefficient (Wildman–Crippen LogP) is 3.75. The number of halogens is 2. The normalized spacial score (nSPS) is 21.4. The van der Waals surface area contributed by atoms with Gasteiger partial charge in [-0.25, -0.2) is 9.97 Å². The Morgan fingerprint density at radius 3 is 2.58 bits per heavy atom. The molecule has 178 valence electrons. The molecule has 0 radical (unpaired) electrons. The van der Waals surface area contributed by atoms with Gasteiger partial charge in [0.2, 0.25) is 5.91 Å². The molecule has 2 N–H and O–H groups in total. The van der Waals surface area contributed by atoms with E-state index in [1.54, 1.807) is 12.1 Å². The molecule has 0 saturated carbocycles. The van der Waals surface area contributed by atoms with Gasteiger partial charge < -0.3 is 20.2 Å². The van der Waals surface area contributed by atoms with Crippen molar-refractivity contribution in [2.75, 3.05) is 37.6 Å². The first-order chi connectivity index (χ1) is 15.8. The number of hydrogen-bond donors (Lipinski definition) is 2. The molecule has 9 heteroatoms. The maximum Gasteiger partial charge on any atom is 0.231 e. The maximum absolute atomic E-state index is 13.6. The van der Waals surface area contributed by atoms with E-state index in [1.807, 2.05) is 11.0 Å². The zero-order valence-electron chi connectivity index (χ0n) is 19.3. The first kappa shape index (κ1) is 24.2. The van der Waals surface area contributed by atoms with E-state index in [2.05, 4.69) is 41.0 Å². The Bertz CT molecular complexity index is 1010. The fraction of sp³-hybridized carbons (Fsp3) is 0.542. The Kier molecular flexibility index (Phi) is 7.43. The number of nitrogens with zero attached hydrogens (tertiary/aromatic N) is 4. The average molecular weight is 492 g/mol. The van der Waals surface area contributed by atoms with Gasteiger partial charge in [0, 0.05) is 44.3 Å². The summed E-state index contributed by atoms with van der Waals surface area (Å²) in [4.78, 5) is 26.6. The van der Waals surface area contributed by atoms with Gasteiger partial charge in [0.05, 0.1) is 27.8 Å². The number of anilines is 1. The van der Waals surface area contributed by atoms with Gasteiger partial charge in [0.25, 0.3) is 0 Å². The van der Waals surface area contributed by atoms with Crippen molar-refractivity contribution in [1.82, 2.24) is 20.2 Å². The Balaban J connectivity index is 1.49. The Hall–Kier alpha value is -1.93. The van der Waals surface area contributed by atoms with Gasteiger partial charge >= 0.3 is 0 Å². The fourth-order valence-corrected chi connectivity index (χ4v) is 5.05. The van der Waals surface area contributed by atoms with Gasteiger partial charge in [-0.05, 0) is 30.0 Å². The first-order valence-corrected chi connectivity index (χ1v) is 12.3. The van der Waals surface area contributed by atoms with Crippen LogP contribution in [0.4, 0.5) is 5.82 Å². The van der Waals surface area contributed by atoms with Gasteiger partial charge in [0.15, 0.2) is 0 Å². The van der Waals surface area contributed by atoms with E-state index in [9.17, 15) is 9.90 Å². The van der Waals surface area contributed by atoms with Crippen LogP contribution in [0.2, 0.25) is 10.0 Å². The number of aliphatic hydroxyl groups is 1. The molecular weight excluding hydrogens is 461 g/mol. The van der Waals surface area contributed by atoms with E-state index >= 15 is 0 Å². The van der Waals surface area contributed by atoms with Crippen LogP contribution in [0.1, 0.15) is 62.0 Å². The van der Waals surface area contributed by atoms with Crippen molar-refractivity contribution in [3.63, 3.8) is 0 Å². The number of carbonyl (C=O) groups excluding carboxylic acids is 1. The van der Waals surface area contributed by atoms with E-state index in [0.717, 1.165) is 22.6 Å². The van der Waals surface area contributed by atoms with Crippen LogP contribution in [-0.2, 0) is 4.79 Å². The summed E-state index contributed by atoms with van der Waals surface area (Å²) >= 11 is 12.4. The molecule has 1 aliphatic heterocycles. The Morgan fingerprint density at radius 2 is 1.91 bits per heavy atom. The molecule has 0 unspecified atom stereocenters. The van der Waals surface area contributed by atoms with E-state index in [-0.39, 0.29) is 23.8 Å². The molecule has 1 aromatic heterocycles. The van der Waals surface area contributed by atoms with E-state index < -0.39 is 6.10 Å². The Labute approximate surface area is 205 Å². The van der Waals surface area contributed by atoms with E-state index in [0.29, 0.717) is 49.2 Å². The van der Waals surface area contributed by atoms with Crippen molar-refractivity contribution < 1.29 is 9.90 Å². The summed E-state index contributed by atoms with van der Waals surface area (Å²) < 4.78 is 0. The third-order valence-corrected chi connectivity index (χ3v) is 7.28. The Morgan fingerprint density at radius 1 is 1.18 bits per heavy atom. The van der Waals surface area contributed by atoms with Gasteiger partial charge in [0.1, 0.15) is 12.1 Å². The van der Waals surface area contributed by atoms with Crippen molar-refractivity contribution in [2.45, 2.75) is 51.2 Å². The summed E-state index contributed by atoms with van der Waals surface area (Å²) in [5.74, 6) is 0.843. The standard InChI is InChI=1S/C24H31Cl2N5O2/c1-14(2)27-12-17(16-4-5-18(25)19(26)11-16)24(33)31-8-6-30(7-9-31)23-21-15(3)10-20(32)22(21)28-13-29-23/h4-5,11,13-15,17,20,27,32H,6-10,12H2,1-3H3/t15-,17-,20+/m1/s1. The molecule has 2 heterocycles. The zero-order valence-corrected chi connectivity index (χ0v) is 20.8. The molecule has 4 rings (SSSR count). The van der Waals surface area contributed by atoms with Crippen molar-refractivity contribution in [1.29, 1.82) is 0 Å². The lowest BCUT2D eigenvalue weighted by Crippen LogP contribution is -2.51. The second kappa shape index (κ2) is 10.1. The number of piperazine rings is 1. The predicted molar refractivity (Wildman–Crippen MR) is 131 cm³/mol. The zero-order chi connectivity index (χ0) is 23.7. The molecule has 1 fully saturated rings. The molecule has 0 spiro atoms. The lowest BCUT2D eigenvalue weighted by Gasteiger charge is -2.38. The highest BCUT2D eigenvalue weighted by atomic mass is 35.5. The quantitative estimate of drug-likeness (QED) is 0.640. The van der Waals surface area contributed by atoms with E-state index in [1.165, 1.54) is 6.33 Å². The van der Waals surface area contributed by atoms with Gasteiger partial charge in [-0.15, -0.1) is 0 Å². The minimum atomic E-state index is -0.528. The minimum absolute atomic E-state index is 0.0814. The lowest BCUT2D eigenvalue weighted by atomic mass is 9.96. The van der Waals surface area contributed by atoms with Crippen molar-refractivity contribution in [2.24, 2.45) is 0 Å². The molecule has 1 aliphatic carbocycles. The molecule has 0 bridgehead atoms. The highest BCUT2D eigenvalue weighted by Gasteiger charge is 2.35. The number of amides is 1. The molecular formula is C24H31Cl2N5O2. The van der Waals surface area contributed by atoms with Crippen LogP contribution in [0.25, 0.3) is 0 Å². The number of hydrogen-bond acceptors (Lipinski definition) is 6. The van der Waals surface area contributed by atoms with Crippen molar-refractivity contribution in [3.05, 3.63) is 51.4 Å². The minimum Gasteiger partial charge on any atom is -0.387 e. The topological polar surface area (TPSA) is 81.6 Å². The molecule has 2 aliphatic rings. The molecule has 33 heavy (non-hydrogen) atoms. The fourth-order valence-electron chi connectivity index (χ4n) is 4.74. The monoisotopic (exact) mass is 491 g/mol. The second-order valence-electron chi connectivity index (χ2n) is 9.25. The number of rotatable bonds is 6.